The summed E-state index contributed by atoms with van der Waals surface area (Å²) >= 11 is 5.67. The van der Waals surface area contributed by atoms with Gasteiger partial charge in [-0.25, -0.2) is 0 Å². The van der Waals surface area contributed by atoms with Crippen molar-refractivity contribution in [3.8, 4) is 0 Å². The van der Waals surface area contributed by atoms with Crippen molar-refractivity contribution in [2.75, 3.05) is 0 Å². The lowest BCUT2D eigenvalue weighted by molar-refractivity contribution is 0.340. The topological polar surface area (TPSA) is 63.8 Å². The second-order valence-electron chi connectivity index (χ2n) is 4.34. The van der Waals surface area contributed by atoms with E-state index in [1.54, 1.807) is 6.07 Å². The fourth-order valence-electron chi connectivity index (χ4n) is 2.01. The van der Waals surface area contributed by atoms with Gasteiger partial charge in [-0.1, -0.05) is 11.6 Å². The molecule has 1 heterocycles. The minimum Gasteiger partial charge on any atom is -0.328 e. The van der Waals surface area contributed by atoms with Gasteiger partial charge in [-0.2, -0.15) is 5.10 Å². The van der Waals surface area contributed by atoms with E-state index in [-0.39, 0.29) is 0 Å². The van der Waals surface area contributed by atoms with E-state index in [9.17, 15) is 0 Å². The third-order valence-electron chi connectivity index (χ3n) is 3.03. The van der Waals surface area contributed by atoms with Crippen molar-refractivity contribution in [3.63, 3.8) is 0 Å². The molecule has 1 fully saturated rings. The first-order valence-corrected chi connectivity index (χ1v) is 6.09. The van der Waals surface area contributed by atoms with Crippen molar-refractivity contribution in [1.82, 2.24) is 15.5 Å². The maximum Gasteiger partial charge on any atom is 0.151 e. The summed E-state index contributed by atoms with van der Waals surface area (Å²) < 4.78 is 0. The molecule has 1 aromatic rings. The Labute approximate surface area is 101 Å². The third kappa shape index (κ3) is 3.40. The molecule has 0 atom stereocenters. The molecule has 16 heavy (non-hydrogen) atoms. The molecule has 0 saturated heterocycles. The predicted molar refractivity (Wildman–Crippen MR) is 64.1 cm³/mol. The molecular weight excluding hydrogens is 224 g/mol. The molecule has 1 saturated carbocycles. The summed E-state index contributed by atoms with van der Waals surface area (Å²) in [5.41, 5.74) is 6.79. The van der Waals surface area contributed by atoms with Crippen molar-refractivity contribution in [3.05, 3.63) is 23.0 Å². The van der Waals surface area contributed by atoms with E-state index < -0.39 is 0 Å². The van der Waals surface area contributed by atoms with Gasteiger partial charge in [-0.05, 0) is 37.8 Å². The van der Waals surface area contributed by atoms with Crippen LogP contribution in [0.5, 0.6) is 0 Å². The average Bonchev–Trinajstić information content (AvgIpc) is 2.30. The number of nitrogens with one attached hydrogen (secondary N) is 1. The van der Waals surface area contributed by atoms with E-state index in [0.717, 1.165) is 37.9 Å². The second-order valence-corrected chi connectivity index (χ2v) is 4.73. The third-order valence-corrected chi connectivity index (χ3v) is 3.23. The number of halogens is 1. The predicted octanol–water partition coefficient (Wildman–Crippen LogP) is 1.49. The highest BCUT2D eigenvalue weighted by Crippen LogP contribution is 2.17. The molecule has 2 rings (SSSR count). The molecule has 0 amide bonds. The smallest absolute Gasteiger partial charge is 0.151 e. The van der Waals surface area contributed by atoms with Crippen LogP contribution < -0.4 is 11.1 Å². The summed E-state index contributed by atoms with van der Waals surface area (Å²) in [6.07, 6.45) is 4.54. The molecule has 4 nitrogen and oxygen atoms in total. The molecule has 0 aliphatic heterocycles. The van der Waals surface area contributed by atoms with Gasteiger partial charge >= 0.3 is 0 Å². The molecule has 88 valence electrons. The van der Waals surface area contributed by atoms with Crippen LogP contribution in [-0.4, -0.2) is 22.3 Å². The first-order chi connectivity index (χ1) is 7.74. The first kappa shape index (κ1) is 11.8. The summed E-state index contributed by atoms with van der Waals surface area (Å²) in [7, 11) is 0. The molecule has 1 aliphatic rings. The number of aromatic nitrogens is 2. The zero-order valence-corrected chi connectivity index (χ0v) is 9.95. The summed E-state index contributed by atoms with van der Waals surface area (Å²) in [6.45, 7) is 0.754. The number of hydrogen-bond donors (Lipinski definition) is 2. The Kier molecular flexibility index (Phi) is 4.09. The summed E-state index contributed by atoms with van der Waals surface area (Å²) in [5, 5.41) is 11.7. The van der Waals surface area contributed by atoms with Gasteiger partial charge in [0.1, 0.15) is 0 Å². The fraction of sp³-hybridized carbons (Fsp3) is 0.636. The Hall–Kier alpha value is -0.710. The standard InChI is InChI=1S/C11H17ClN4/c12-11-6-5-10(15-16-11)7-14-9-3-1-8(13)2-4-9/h5-6,8-9,14H,1-4,7,13H2. The SMILES string of the molecule is NC1CCC(NCc2ccc(Cl)nn2)CC1. The van der Waals surface area contributed by atoms with Crippen molar-refractivity contribution in [2.45, 2.75) is 44.3 Å². The lowest BCUT2D eigenvalue weighted by Crippen LogP contribution is -2.37. The number of rotatable bonds is 3. The molecule has 3 N–H and O–H groups in total. The lowest BCUT2D eigenvalue weighted by Gasteiger charge is -2.26. The molecule has 0 unspecified atom stereocenters. The van der Waals surface area contributed by atoms with Crippen LogP contribution in [0, 0.1) is 0 Å². The van der Waals surface area contributed by atoms with Gasteiger partial charge in [0.15, 0.2) is 5.15 Å². The van der Waals surface area contributed by atoms with Crippen LogP contribution in [0.25, 0.3) is 0 Å². The molecule has 0 aromatic carbocycles. The lowest BCUT2D eigenvalue weighted by atomic mass is 9.92. The van der Waals surface area contributed by atoms with E-state index in [1.165, 1.54) is 0 Å². The highest BCUT2D eigenvalue weighted by Gasteiger charge is 2.17. The van der Waals surface area contributed by atoms with Gasteiger partial charge in [0.25, 0.3) is 0 Å². The monoisotopic (exact) mass is 240 g/mol. The molecule has 5 heteroatoms. The summed E-state index contributed by atoms with van der Waals surface area (Å²) in [4.78, 5) is 0. The van der Waals surface area contributed by atoms with Crippen LogP contribution in [0.1, 0.15) is 31.4 Å². The van der Waals surface area contributed by atoms with E-state index in [2.05, 4.69) is 15.5 Å². The quantitative estimate of drug-likeness (QED) is 0.840. The van der Waals surface area contributed by atoms with E-state index in [0.29, 0.717) is 17.2 Å². The Morgan fingerprint density at radius 1 is 1.25 bits per heavy atom. The van der Waals surface area contributed by atoms with Gasteiger partial charge < -0.3 is 11.1 Å². The van der Waals surface area contributed by atoms with Crippen molar-refractivity contribution < 1.29 is 0 Å². The first-order valence-electron chi connectivity index (χ1n) is 5.71. The highest BCUT2D eigenvalue weighted by atomic mass is 35.5. The van der Waals surface area contributed by atoms with Gasteiger partial charge in [0.2, 0.25) is 0 Å². The van der Waals surface area contributed by atoms with Gasteiger partial charge in [0, 0.05) is 18.6 Å². The Morgan fingerprint density at radius 3 is 2.62 bits per heavy atom. The van der Waals surface area contributed by atoms with Crippen molar-refractivity contribution in [2.24, 2.45) is 5.73 Å². The van der Waals surface area contributed by atoms with Crippen LogP contribution in [0.3, 0.4) is 0 Å². The maximum atomic E-state index is 5.86. The van der Waals surface area contributed by atoms with Crippen molar-refractivity contribution >= 4 is 11.6 Å². The highest BCUT2D eigenvalue weighted by molar-refractivity contribution is 6.29. The van der Waals surface area contributed by atoms with E-state index >= 15 is 0 Å². The molecular formula is C11H17ClN4. The number of nitrogens with two attached hydrogens (primary N) is 1. The van der Waals surface area contributed by atoms with E-state index in [4.69, 9.17) is 17.3 Å². The van der Waals surface area contributed by atoms with Crippen LogP contribution >= 0.6 is 11.6 Å². The van der Waals surface area contributed by atoms with Gasteiger partial charge in [-0.15, -0.1) is 5.10 Å². The molecule has 1 aromatic heterocycles. The Balaban J connectivity index is 1.77. The van der Waals surface area contributed by atoms with Gasteiger partial charge in [-0.3, -0.25) is 0 Å². The maximum absolute atomic E-state index is 5.86. The van der Waals surface area contributed by atoms with Crippen LogP contribution in [0.2, 0.25) is 5.15 Å². The van der Waals surface area contributed by atoms with Crippen LogP contribution in [0.15, 0.2) is 12.1 Å². The van der Waals surface area contributed by atoms with Crippen LogP contribution in [-0.2, 0) is 6.54 Å². The van der Waals surface area contributed by atoms with Gasteiger partial charge in [0.05, 0.1) is 5.69 Å². The van der Waals surface area contributed by atoms with Crippen molar-refractivity contribution in [1.29, 1.82) is 0 Å². The van der Waals surface area contributed by atoms with Crippen LogP contribution in [0.4, 0.5) is 0 Å². The molecule has 1 aliphatic carbocycles. The summed E-state index contributed by atoms with van der Waals surface area (Å²) in [5.74, 6) is 0. The Morgan fingerprint density at radius 2 is 2.00 bits per heavy atom. The fourth-order valence-corrected chi connectivity index (χ4v) is 2.11. The number of nitrogens with zero attached hydrogens (tertiary/aromatic N) is 2. The second kappa shape index (κ2) is 5.57. The average molecular weight is 241 g/mol. The normalized spacial score (nSPS) is 25.6. The summed E-state index contributed by atoms with van der Waals surface area (Å²) in [6, 6.07) is 4.63. The Bertz CT molecular complexity index is 319. The largest absolute Gasteiger partial charge is 0.328 e. The number of hydrogen-bond acceptors (Lipinski definition) is 4. The minimum absolute atomic E-state index is 0.397. The molecule has 0 bridgehead atoms. The zero-order chi connectivity index (χ0) is 11.4. The molecule has 0 radical (unpaired) electrons. The molecule has 0 spiro atoms. The zero-order valence-electron chi connectivity index (χ0n) is 9.19. The minimum atomic E-state index is 0.397. The van der Waals surface area contributed by atoms with E-state index in [1.807, 2.05) is 6.07 Å².